The van der Waals surface area contributed by atoms with Crippen LogP contribution in [0.1, 0.15) is 24.8 Å². The van der Waals surface area contributed by atoms with Gasteiger partial charge in [-0.05, 0) is 38.3 Å². The second-order valence-corrected chi connectivity index (χ2v) is 5.24. The molecule has 0 unspecified atom stereocenters. The number of hydrogen-bond donors (Lipinski definition) is 1. The topological polar surface area (TPSA) is 53.1 Å². The zero-order valence-corrected chi connectivity index (χ0v) is 11.4. The van der Waals surface area contributed by atoms with Crippen LogP contribution in [0.4, 0.5) is 5.82 Å². The van der Waals surface area contributed by atoms with E-state index in [0.717, 1.165) is 29.7 Å². The van der Waals surface area contributed by atoms with Crippen molar-refractivity contribution in [3.8, 4) is 16.9 Å². The van der Waals surface area contributed by atoms with E-state index in [1.54, 1.807) is 10.9 Å². The maximum Gasteiger partial charge on any atom is 0.129 e. The summed E-state index contributed by atoms with van der Waals surface area (Å²) in [6, 6.07) is 6.22. The Morgan fingerprint density at radius 3 is 2.68 bits per heavy atom. The van der Waals surface area contributed by atoms with Gasteiger partial charge >= 0.3 is 0 Å². The quantitative estimate of drug-likeness (QED) is 0.919. The van der Waals surface area contributed by atoms with Gasteiger partial charge in [0, 0.05) is 18.2 Å². The van der Waals surface area contributed by atoms with Crippen LogP contribution in [0.15, 0.2) is 24.4 Å². The van der Waals surface area contributed by atoms with Crippen molar-refractivity contribution in [1.29, 1.82) is 0 Å². The van der Waals surface area contributed by atoms with E-state index in [9.17, 15) is 0 Å². The Bertz CT molecular complexity index is 599. The van der Waals surface area contributed by atoms with Crippen LogP contribution in [-0.2, 0) is 7.05 Å². The van der Waals surface area contributed by atoms with Gasteiger partial charge in [-0.2, -0.15) is 5.10 Å². The van der Waals surface area contributed by atoms with E-state index in [1.807, 2.05) is 13.1 Å². The van der Waals surface area contributed by atoms with Crippen molar-refractivity contribution in [1.82, 2.24) is 9.78 Å². The predicted molar refractivity (Wildman–Crippen MR) is 76.1 cm³/mol. The molecular weight excluding hydrogens is 238 g/mol. The van der Waals surface area contributed by atoms with E-state index in [2.05, 4.69) is 24.2 Å². The summed E-state index contributed by atoms with van der Waals surface area (Å²) >= 11 is 0. The standard InChI is InChI=1S/C15H19N3O/c1-10-6-7-14(19-11-4-3-5-11)12(8-10)13-9-17-18(2)15(13)16/h6-9,11H,3-5,16H2,1-2H3. The van der Waals surface area contributed by atoms with Gasteiger partial charge in [-0.25, -0.2) is 0 Å². The minimum atomic E-state index is 0.361. The Kier molecular flexibility index (Phi) is 2.93. The molecule has 2 N–H and O–H groups in total. The number of anilines is 1. The summed E-state index contributed by atoms with van der Waals surface area (Å²) < 4.78 is 7.75. The lowest BCUT2D eigenvalue weighted by Crippen LogP contribution is -2.24. The molecule has 0 bridgehead atoms. The average molecular weight is 257 g/mol. The number of hydrogen-bond acceptors (Lipinski definition) is 3. The molecule has 1 saturated carbocycles. The van der Waals surface area contributed by atoms with Crippen LogP contribution in [0.5, 0.6) is 5.75 Å². The van der Waals surface area contributed by atoms with Gasteiger partial charge in [0.15, 0.2) is 0 Å². The number of benzene rings is 1. The lowest BCUT2D eigenvalue weighted by Gasteiger charge is -2.27. The summed E-state index contributed by atoms with van der Waals surface area (Å²) in [5.74, 6) is 1.58. The third-order valence-corrected chi connectivity index (χ3v) is 3.76. The van der Waals surface area contributed by atoms with Crippen LogP contribution in [0, 0.1) is 6.92 Å². The highest BCUT2D eigenvalue weighted by Crippen LogP contribution is 2.36. The Morgan fingerprint density at radius 2 is 2.11 bits per heavy atom. The van der Waals surface area contributed by atoms with Gasteiger partial charge in [0.1, 0.15) is 11.6 Å². The van der Waals surface area contributed by atoms with Crippen LogP contribution < -0.4 is 10.5 Å². The zero-order chi connectivity index (χ0) is 13.4. The normalized spacial score (nSPS) is 15.3. The molecule has 4 heteroatoms. The molecule has 0 radical (unpaired) electrons. The fourth-order valence-electron chi connectivity index (χ4n) is 2.28. The van der Waals surface area contributed by atoms with Gasteiger partial charge in [0.2, 0.25) is 0 Å². The SMILES string of the molecule is Cc1ccc(OC2CCC2)c(-c2cnn(C)c2N)c1. The smallest absolute Gasteiger partial charge is 0.129 e. The third-order valence-electron chi connectivity index (χ3n) is 3.76. The maximum absolute atomic E-state index is 6.08. The highest BCUT2D eigenvalue weighted by molar-refractivity contribution is 5.78. The van der Waals surface area contributed by atoms with Crippen molar-refractivity contribution in [3.05, 3.63) is 30.0 Å². The molecule has 3 rings (SSSR count). The summed E-state index contributed by atoms with van der Waals surface area (Å²) in [7, 11) is 1.85. The molecule has 1 aromatic heterocycles. The summed E-state index contributed by atoms with van der Waals surface area (Å²) in [4.78, 5) is 0. The van der Waals surface area contributed by atoms with Crippen molar-refractivity contribution in [2.75, 3.05) is 5.73 Å². The second-order valence-electron chi connectivity index (χ2n) is 5.24. The molecule has 0 atom stereocenters. The molecular formula is C15H19N3O. The van der Waals surface area contributed by atoms with Crippen LogP contribution in [-0.4, -0.2) is 15.9 Å². The minimum absolute atomic E-state index is 0.361. The Labute approximate surface area is 113 Å². The highest BCUT2D eigenvalue weighted by atomic mass is 16.5. The summed E-state index contributed by atoms with van der Waals surface area (Å²) in [5.41, 5.74) is 9.25. The van der Waals surface area contributed by atoms with E-state index >= 15 is 0 Å². The van der Waals surface area contributed by atoms with Crippen molar-refractivity contribution >= 4 is 5.82 Å². The molecule has 0 saturated heterocycles. The minimum Gasteiger partial charge on any atom is -0.490 e. The summed E-state index contributed by atoms with van der Waals surface area (Å²) in [6.07, 6.45) is 5.73. The van der Waals surface area contributed by atoms with Gasteiger partial charge in [0.05, 0.1) is 12.3 Å². The summed E-state index contributed by atoms with van der Waals surface area (Å²) in [6.45, 7) is 2.07. The fourth-order valence-corrected chi connectivity index (χ4v) is 2.28. The predicted octanol–water partition coefficient (Wildman–Crippen LogP) is 2.91. The number of aryl methyl sites for hydroxylation is 2. The highest BCUT2D eigenvalue weighted by Gasteiger charge is 2.21. The lowest BCUT2D eigenvalue weighted by atomic mass is 9.96. The molecule has 4 nitrogen and oxygen atoms in total. The van der Waals surface area contributed by atoms with Crippen molar-refractivity contribution in [2.45, 2.75) is 32.3 Å². The van der Waals surface area contributed by atoms with Crippen LogP contribution in [0.25, 0.3) is 11.1 Å². The van der Waals surface area contributed by atoms with Gasteiger partial charge < -0.3 is 10.5 Å². The number of nitrogen functional groups attached to an aromatic ring is 1. The first kappa shape index (κ1) is 12.1. The van der Waals surface area contributed by atoms with Gasteiger partial charge in [-0.15, -0.1) is 0 Å². The summed E-state index contributed by atoms with van der Waals surface area (Å²) in [5, 5.41) is 4.21. The van der Waals surface area contributed by atoms with Crippen molar-refractivity contribution in [3.63, 3.8) is 0 Å². The third kappa shape index (κ3) is 2.18. The Balaban J connectivity index is 2.02. The number of nitrogens with zero attached hydrogens (tertiary/aromatic N) is 2. The molecule has 1 aliphatic carbocycles. The first-order chi connectivity index (χ1) is 9.15. The molecule has 19 heavy (non-hydrogen) atoms. The number of rotatable bonds is 3. The van der Waals surface area contributed by atoms with Gasteiger partial charge in [-0.3, -0.25) is 4.68 Å². The molecule has 0 aliphatic heterocycles. The lowest BCUT2D eigenvalue weighted by molar-refractivity contribution is 0.121. The molecule has 1 aromatic carbocycles. The Hall–Kier alpha value is -1.97. The molecule has 1 heterocycles. The number of aromatic nitrogens is 2. The molecule has 1 fully saturated rings. The van der Waals surface area contributed by atoms with Gasteiger partial charge in [0.25, 0.3) is 0 Å². The largest absolute Gasteiger partial charge is 0.490 e. The Morgan fingerprint density at radius 1 is 1.32 bits per heavy atom. The fraction of sp³-hybridized carbons (Fsp3) is 0.400. The van der Waals surface area contributed by atoms with Gasteiger partial charge in [-0.1, -0.05) is 11.6 Å². The monoisotopic (exact) mass is 257 g/mol. The molecule has 0 spiro atoms. The van der Waals surface area contributed by atoms with Crippen LogP contribution in [0.2, 0.25) is 0 Å². The molecule has 2 aromatic rings. The molecule has 1 aliphatic rings. The van der Waals surface area contributed by atoms with Crippen molar-refractivity contribution < 1.29 is 4.74 Å². The van der Waals surface area contributed by atoms with E-state index in [0.29, 0.717) is 11.9 Å². The first-order valence-corrected chi connectivity index (χ1v) is 6.70. The van der Waals surface area contributed by atoms with Crippen LogP contribution in [0.3, 0.4) is 0 Å². The van der Waals surface area contributed by atoms with E-state index in [1.165, 1.54) is 12.0 Å². The number of nitrogens with two attached hydrogens (primary N) is 1. The first-order valence-electron chi connectivity index (χ1n) is 6.70. The van der Waals surface area contributed by atoms with E-state index in [-0.39, 0.29) is 0 Å². The average Bonchev–Trinajstić information content (AvgIpc) is 2.66. The molecule has 0 amide bonds. The maximum atomic E-state index is 6.08. The van der Waals surface area contributed by atoms with E-state index < -0.39 is 0 Å². The zero-order valence-electron chi connectivity index (χ0n) is 11.4. The van der Waals surface area contributed by atoms with Crippen LogP contribution >= 0.6 is 0 Å². The molecule has 100 valence electrons. The van der Waals surface area contributed by atoms with Crippen molar-refractivity contribution in [2.24, 2.45) is 7.05 Å². The van der Waals surface area contributed by atoms with E-state index in [4.69, 9.17) is 10.5 Å². The number of ether oxygens (including phenoxy) is 1. The second kappa shape index (κ2) is 4.61.